The van der Waals surface area contributed by atoms with Gasteiger partial charge in [-0.05, 0) is 6.92 Å². The lowest BCUT2D eigenvalue weighted by Gasteiger charge is -2.33. The molecule has 0 spiro atoms. The number of nitrogens with zero attached hydrogens (tertiary/aromatic N) is 3. The summed E-state index contributed by atoms with van der Waals surface area (Å²) in [7, 11) is 0. The molecule has 8 heteroatoms. The number of nitrogens with one attached hydrogen (secondary N) is 1. The third-order valence-corrected chi connectivity index (χ3v) is 4.52. The summed E-state index contributed by atoms with van der Waals surface area (Å²) in [6.07, 6.45) is 1.43. The molecule has 0 saturated carbocycles. The maximum Gasteiger partial charge on any atom is 0.267 e. The molecule has 0 unspecified atom stereocenters. The van der Waals surface area contributed by atoms with Crippen LogP contribution in [0, 0.1) is 0 Å². The second-order valence-electron chi connectivity index (χ2n) is 4.81. The average Bonchev–Trinajstić information content (AvgIpc) is 2.88. The maximum atomic E-state index is 12.5. The van der Waals surface area contributed by atoms with Gasteiger partial charge in [-0.2, -0.15) is 0 Å². The first-order valence-electron chi connectivity index (χ1n) is 6.43. The average molecular weight is 317 g/mol. The van der Waals surface area contributed by atoms with Crippen molar-refractivity contribution in [3.8, 4) is 0 Å². The van der Waals surface area contributed by atoms with E-state index in [4.69, 9.17) is 0 Å². The number of carbonyl (C=O) groups excluding carboxylic acids is 1. The van der Waals surface area contributed by atoms with E-state index in [0.717, 1.165) is 24.0 Å². The van der Waals surface area contributed by atoms with Gasteiger partial charge in [-0.25, -0.2) is 4.98 Å². The molecule has 0 aliphatic carbocycles. The number of halogens is 1. The molecule has 1 aromatic rings. The highest BCUT2D eigenvalue weighted by molar-refractivity contribution is 7.99. The van der Waals surface area contributed by atoms with Gasteiger partial charge in [0.05, 0.1) is 0 Å². The number of rotatable bonds is 1. The zero-order valence-electron chi connectivity index (χ0n) is 11.2. The predicted molar refractivity (Wildman–Crippen MR) is 79.8 cm³/mol. The Kier molecular flexibility index (Phi) is 4.72. The van der Waals surface area contributed by atoms with Crippen LogP contribution in [0.2, 0.25) is 0 Å². The Hall–Kier alpha value is -1.05. The van der Waals surface area contributed by atoms with Crippen LogP contribution in [0.1, 0.15) is 17.3 Å². The summed E-state index contributed by atoms with van der Waals surface area (Å²) < 4.78 is 1.60. The monoisotopic (exact) mass is 316 g/mol. The Balaban J connectivity index is 0.00000147. The van der Waals surface area contributed by atoms with E-state index in [1.54, 1.807) is 21.2 Å². The molecule has 3 heterocycles. The Morgan fingerprint density at radius 1 is 1.50 bits per heavy atom. The largest absolute Gasteiger partial charge is 0.333 e. The Labute approximate surface area is 127 Å². The van der Waals surface area contributed by atoms with Gasteiger partial charge in [-0.15, -0.1) is 12.4 Å². The summed E-state index contributed by atoms with van der Waals surface area (Å²) in [5.41, 5.74) is -0.00858. The third-order valence-electron chi connectivity index (χ3n) is 3.55. The molecule has 0 aromatic carbocycles. The minimum Gasteiger partial charge on any atom is -0.333 e. The number of amides is 1. The van der Waals surface area contributed by atoms with E-state index in [2.05, 4.69) is 10.3 Å². The van der Waals surface area contributed by atoms with Crippen LogP contribution in [0.15, 0.2) is 16.1 Å². The van der Waals surface area contributed by atoms with Gasteiger partial charge in [-0.3, -0.25) is 14.2 Å². The summed E-state index contributed by atoms with van der Waals surface area (Å²) in [6.45, 7) is 4.80. The van der Waals surface area contributed by atoms with Crippen molar-refractivity contribution >= 4 is 30.1 Å². The maximum absolute atomic E-state index is 12.5. The van der Waals surface area contributed by atoms with Gasteiger partial charge < -0.3 is 10.2 Å². The van der Waals surface area contributed by atoms with Crippen molar-refractivity contribution in [2.75, 3.05) is 25.4 Å². The van der Waals surface area contributed by atoms with Crippen LogP contribution in [-0.4, -0.2) is 51.8 Å². The topological polar surface area (TPSA) is 67.2 Å². The van der Waals surface area contributed by atoms with Crippen LogP contribution < -0.4 is 10.9 Å². The lowest BCUT2D eigenvalue weighted by molar-refractivity contribution is 0.0652. The molecule has 1 fully saturated rings. The number of hydrogen-bond acceptors (Lipinski definition) is 5. The number of piperazine rings is 1. The first-order valence-corrected chi connectivity index (χ1v) is 7.41. The van der Waals surface area contributed by atoms with Crippen LogP contribution in [0.4, 0.5) is 0 Å². The summed E-state index contributed by atoms with van der Waals surface area (Å²) in [4.78, 5) is 30.7. The zero-order chi connectivity index (χ0) is 13.4. The summed E-state index contributed by atoms with van der Waals surface area (Å²) in [6, 6.07) is 0.105. The molecule has 110 valence electrons. The van der Waals surface area contributed by atoms with Crippen molar-refractivity contribution in [3.05, 3.63) is 22.1 Å². The van der Waals surface area contributed by atoms with Gasteiger partial charge in [0.1, 0.15) is 5.56 Å². The fourth-order valence-electron chi connectivity index (χ4n) is 2.46. The SMILES string of the molecule is C[C@@H]1CNCCN1C(=O)c1cnc2n(c1=O)CCS2.Cl. The van der Waals surface area contributed by atoms with E-state index in [-0.39, 0.29) is 35.5 Å². The fraction of sp³-hybridized carbons (Fsp3) is 0.583. The first kappa shape index (κ1) is 15.3. The Morgan fingerprint density at radius 3 is 3.05 bits per heavy atom. The van der Waals surface area contributed by atoms with Crippen molar-refractivity contribution in [2.24, 2.45) is 0 Å². The summed E-state index contributed by atoms with van der Waals surface area (Å²) >= 11 is 1.56. The zero-order valence-corrected chi connectivity index (χ0v) is 12.8. The van der Waals surface area contributed by atoms with Gasteiger partial charge >= 0.3 is 0 Å². The highest BCUT2D eigenvalue weighted by atomic mass is 35.5. The van der Waals surface area contributed by atoms with Crippen molar-refractivity contribution in [1.29, 1.82) is 0 Å². The van der Waals surface area contributed by atoms with Gasteiger partial charge in [0, 0.05) is 44.2 Å². The molecular weight excluding hydrogens is 300 g/mol. The predicted octanol–water partition coefficient (Wildman–Crippen LogP) is 0.205. The smallest absolute Gasteiger partial charge is 0.267 e. The molecular formula is C12H17ClN4O2S. The van der Waals surface area contributed by atoms with Crippen molar-refractivity contribution in [2.45, 2.75) is 24.7 Å². The number of fused-ring (bicyclic) bond motifs is 1. The third kappa shape index (κ3) is 2.57. The summed E-state index contributed by atoms with van der Waals surface area (Å²) in [5.74, 6) is 0.655. The number of carbonyl (C=O) groups is 1. The van der Waals surface area contributed by atoms with Crippen molar-refractivity contribution < 1.29 is 4.79 Å². The molecule has 2 aliphatic heterocycles. The molecule has 2 aliphatic rings. The molecule has 1 aromatic heterocycles. The van der Waals surface area contributed by atoms with Crippen LogP contribution in [0.25, 0.3) is 0 Å². The fourth-order valence-corrected chi connectivity index (χ4v) is 3.38. The van der Waals surface area contributed by atoms with Crippen LogP contribution in [0.3, 0.4) is 0 Å². The van der Waals surface area contributed by atoms with E-state index < -0.39 is 0 Å². The second-order valence-corrected chi connectivity index (χ2v) is 5.87. The molecule has 6 nitrogen and oxygen atoms in total. The lowest BCUT2D eigenvalue weighted by atomic mass is 10.2. The van der Waals surface area contributed by atoms with Crippen LogP contribution >= 0.6 is 24.2 Å². The van der Waals surface area contributed by atoms with Gasteiger partial charge in [0.25, 0.3) is 11.5 Å². The molecule has 1 saturated heterocycles. The summed E-state index contributed by atoms with van der Waals surface area (Å²) in [5, 5.41) is 3.95. The molecule has 1 amide bonds. The Bertz CT molecular complexity index is 577. The van der Waals surface area contributed by atoms with Crippen molar-refractivity contribution in [3.63, 3.8) is 0 Å². The lowest BCUT2D eigenvalue weighted by Crippen LogP contribution is -2.53. The van der Waals surface area contributed by atoms with Crippen LogP contribution in [0.5, 0.6) is 0 Å². The van der Waals surface area contributed by atoms with E-state index in [0.29, 0.717) is 13.1 Å². The van der Waals surface area contributed by atoms with E-state index in [9.17, 15) is 9.59 Å². The highest BCUT2D eigenvalue weighted by Crippen LogP contribution is 2.21. The molecule has 0 radical (unpaired) electrons. The van der Waals surface area contributed by atoms with E-state index >= 15 is 0 Å². The minimum absolute atomic E-state index is 0. The standard InChI is InChI=1S/C12H16N4O2S.ClH/c1-8-6-13-2-3-15(8)10(17)9-7-14-12-16(11(9)18)4-5-19-12;/h7-8,13H,2-6H2,1H3;1H/t8-;/m1./s1. The van der Waals surface area contributed by atoms with E-state index in [1.165, 1.54) is 6.20 Å². The normalized spacial score (nSPS) is 21.2. The molecule has 20 heavy (non-hydrogen) atoms. The van der Waals surface area contributed by atoms with Gasteiger partial charge in [0.15, 0.2) is 5.16 Å². The molecule has 3 rings (SSSR count). The van der Waals surface area contributed by atoms with Gasteiger partial charge in [-0.1, -0.05) is 11.8 Å². The highest BCUT2D eigenvalue weighted by Gasteiger charge is 2.28. The van der Waals surface area contributed by atoms with Crippen LogP contribution in [-0.2, 0) is 6.54 Å². The molecule has 1 atom stereocenters. The van der Waals surface area contributed by atoms with Gasteiger partial charge in [0.2, 0.25) is 0 Å². The molecule has 0 bridgehead atoms. The second kappa shape index (κ2) is 6.15. The Morgan fingerprint density at radius 2 is 2.30 bits per heavy atom. The first-order chi connectivity index (χ1) is 9.18. The quantitative estimate of drug-likeness (QED) is 0.750. The number of thioether (sulfide) groups is 1. The minimum atomic E-state index is -0.203. The molecule has 1 N–H and O–H groups in total. The van der Waals surface area contributed by atoms with Crippen molar-refractivity contribution in [1.82, 2.24) is 19.8 Å². The number of aromatic nitrogens is 2. The number of hydrogen-bond donors (Lipinski definition) is 1. The van der Waals surface area contributed by atoms with E-state index in [1.807, 2.05) is 6.92 Å².